The second-order valence-electron chi connectivity index (χ2n) is 3.90. The van der Waals surface area contributed by atoms with Crippen LogP contribution in [-0.2, 0) is 11.3 Å². The predicted octanol–water partition coefficient (Wildman–Crippen LogP) is 2.18. The molecular formula is C12H20N2O. The normalized spacial score (nSPS) is 12.4. The Balaban J connectivity index is 2.12. The SMILES string of the molecule is CCC(C)NC(=O)CCCn1cccc1. The van der Waals surface area contributed by atoms with Crippen molar-refractivity contribution < 1.29 is 4.79 Å². The smallest absolute Gasteiger partial charge is 0.220 e. The maximum atomic E-state index is 11.4. The Morgan fingerprint density at radius 2 is 2.07 bits per heavy atom. The Morgan fingerprint density at radius 3 is 2.67 bits per heavy atom. The van der Waals surface area contributed by atoms with Crippen LogP contribution in [0.2, 0.25) is 0 Å². The molecular weight excluding hydrogens is 188 g/mol. The lowest BCUT2D eigenvalue weighted by Crippen LogP contribution is -2.31. The molecule has 0 spiro atoms. The van der Waals surface area contributed by atoms with Crippen molar-refractivity contribution in [2.45, 2.75) is 45.7 Å². The standard InChI is InChI=1S/C12H20N2O/c1-3-11(2)13-12(15)7-6-10-14-8-4-5-9-14/h4-5,8-9,11H,3,6-7,10H2,1-2H3,(H,13,15). The summed E-state index contributed by atoms with van der Waals surface area (Å²) in [5, 5.41) is 2.96. The summed E-state index contributed by atoms with van der Waals surface area (Å²) in [6.07, 6.45) is 6.54. The lowest BCUT2D eigenvalue weighted by atomic mass is 10.2. The van der Waals surface area contributed by atoms with Crippen molar-refractivity contribution in [3.8, 4) is 0 Å². The second kappa shape index (κ2) is 6.27. The van der Waals surface area contributed by atoms with E-state index >= 15 is 0 Å². The Labute approximate surface area is 91.5 Å². The van der Waals surface area contributed by atoms with Crippen LogP contribution in [0.15, 0.2) is 24.5 Å². The largest absolute Gasteiger partial charge is 0.354 e. The van der Waals surface area contributed by atoms with Gasteiger partial charge in [0.25, 0.3) is 0 Å². The number of amides is 1. The Hall–Kier alpha value is -1.25. The minimum atomic E-state index is 0.163. The van der Waals surface area contributed by atoms with Crippen molar-refractivity contribution in [2.75, 3.05) is 0 Å². The summed E-state index contributed by atoms with van der Waals surface area (Å²) in [6.45, 7) is 5.02. The zero-order valence-electron chi connectivity index (χ0n) is 9.57. The highest BCUT2D eigenvalue weighted by atomic mass is 16.1. The topological polar surface area (TPSA) is 34.0 Å². The first-order valence-corrected chi connectivity index (χ1v) is 5.62. The van der Waals surface area contributed by atoms with E-state index in [1.54, 1.807) is 0 Å². The van der Waals surface area contributed by atoms with Gasteiger partial charge in [0.15, 0.2) is 0 Å². The van der Waals surface area contributed by atoms with Crippen molar-refractivity contribution in [3.63, 3.8) is 0 Å². The molecule has 0 aromatic carbocycles. The molecule has 1 aromatic heterocycles. The summed E-state index contributed by atoms with van der Waals surface area (Å²) in [5.74, 6) is 0.163. The third kappa shape index (κ3) is 4.68. The molecule has 1 amide bonds. The van der Waals surface area contributed by atoms with Gasteiger partial charge in [0.1, 0.15) is 0 Å². The molecule has 0 aliphatic carbocycles. The van der Waals surface area contributed by atoms with Gasteiger partial charge in [-0.2, -0.15) is 0 Å². The van der Waals surface area contributed by atoms with Crippen LogP contribution in [-0.4, -0.2) is 16.5 Å². The van der Waals surface area contributed by atoms with Crippen molar-refractivity contribution in [2.24, 2.45) is 0 Å². The van der Waals surface area contributed by atoms with E-state index in [4.69, 9.17) is 0 Å². The summed E-state index contributed by atoms with van der Waals surface area (Å²) in [4.78, 5) is 11.4. The number of nitrogens with zero attached hydrogens (tertiary/aromatic N) is 1. The third-order valence-corrected chi connectivity index (χ3v) is 2.51. The van der Waals surface area contributed by atoms with E-state index in [-0.39, 0.29) is 5.91 Å². The minimum Gasteiger partial charge on any atom is -0.354 e. The van der Waals surface area contributed by atoms with Gasteiger partial charge < -0.3 is 9.88 Å². The van der Waals surface area contributed by atoms with Crippen LogP contribution < -0.4 is 5.32 Å². The fraction of sp³-hybridized carbons (Fsp3) is 0.583. The number of rotatable bonds is 6. The molecule has 1 aromatic rings. The molecule has 84 valence electrons. The number of aromatic nitrogens is 1. The molecule has 0 radical (unpaired) electrons. The van der Waals surface area contributed by atoms with E-state index in [1.165, 1.54) is 0 Å². The van der Waals surface area contributed by atoms with Crippen LogP contribution in [0.3, 0.4) is 0 Å². The minimum absolute atomic E-state index is 0.163. The molecule has 0 aliphatic heterocycles. The van der Waals surface area contributed by atoms with Gasteiger partial charge in [0.05, 0.1) is 0 Å². The van der Waals surface area contributed by atoms with E-state index < -0.39 is 0 Å². The van der Waals surface area contributed by atoms with Crippen molar-refractivity contribution in [3.05, 3.63) is 24.5 Å². The maximum Gasteiger partial charge on any atom is 0.220 e. The van der Waals surface area contributed by atoms with Gasteiger partial charge >= 0.3 is 0 Å². The zero-order valence-corrected chi connectivity index (χ0v) is 9.57. The molecule has 1 atom stereocenters. The van der Waals surface area contributed by atoms with E-state index in [9.17, 15) is 4.79 Å². The van der Waals surface area contributed by atoms with Crippen molar-refractivity contribution >= 4 is 5.91 Å². The Bertz CT molecular complexity index is 280. The first-order chi connectivity index (χ1) is 7.22. The molecule has 1 heterocycles. The quantitative estimate of drug-likeness (QED) is 0.764. The van der Waals surface area contributed by atoms with E-state index in [2.05, 4.69) is 16.8 Å². The highest BCUT2D eigenvalue weighted by molar-refractivity contribution is 5.76. The fourth-order valence-electron chi connectivity index (χ4n) is 1.39. The molecule has 3 heteroatoms. The molecule has 1 N–H and O–H groups in total. The highest BCUT2D eigenvalue weighted by Gasteiger charge is 2.04. The van der Waals surface area contributed by atoms with Gasteiger partial charge in [-0.05, 0) is 31.9 Å². The van der Waals surface area contributed by atoms with E-state index in [1.807, 2.05) is 31.5 Å². The molecule has 0 saturated carbocycles. The van der Waals surface area contributed by atoms with Crippen LogP contribution in [0.1, 0.15) is 33.1 Å². The van der Waals surface area contributed by atoms with Gasteiger partial charge in [-0.15, -0.1) is 0 Å². The van der Waals surface area contributed by atoms with Crippen LogP contribution in [0.5, 0.6) is 0 Å². The molecule has 1 unspecified atom stereocenters. The number of carbonyl (C=O) groups is 1. The average molecular weight is 208 g/mol. The summed E-state index contributed by atoms with van der Waals surface area (Å²) >= 11 is 0. The lowest BCUT2D eigenvalue weighted by Gasteiger charge is -2.11. The number of nitrogens with one attached hydrogen (secondary N) is 1. The fourth-order valence-corrected chi connectivity index (χ4v) is 1.39. The molecule has 0 aliphatic rings. The van der Waals surface area contributed by atoms with Crippen molar-refractivity contribution in [1.82, 2.24) is 9.88 Å². The summed E-state index contributed by atoms with van der Waals surface area (Å²) in [6, 6.07) is 4.29. The van der Waals surface area contributed by atoms with Gasteiger partial charge in [-0.3, -0.25) is 4.79 Å². The molecule has 0 bridgehead atoms. The van der Waals surface area contributed by atoms with Gasteiger partial charge in [-0.25, -0.2) is 0 Å². The highest BCUT2D eigenvalue weighted by Crippen LogP contribution is 1.98. The summed E-state index contributed by atoms with van der Waals surface area (Å²) in [5.41, 5.74) is 0. The number of carbonyl (C=O) groups excluding carboxylic acids is 1. The van der Waals surface area contributed by atoms with E-state index in [0.29, 0.717) is 12.5 Å². The van der Waals surface area contributed by atoms with Gasteiger partial charge in [-0.1, -0.05) is 6.92 Å². The van der Waals surface area contributed by atoms with Crippen LogP contribution in [0.25, 0.3) is 0 Å². The Morgan fingerprint density at radius 1 is 1.40 bits per heavy atom. The number of hydrogen-bond donors (Lipinski definition) is 1. The van der Waals surface area contributed by atoms with E-state index in [0.717, 1.165) is 19.4 Å². The average Bonchev–Trinajstić information content (AvgIpc) is 2.70. The Kier molecular flexibility index (Phi) is 4.95. The summed E-state index contributed by atoms with van der Waals surface area (Å²) < 4.78 is 2.09. The molecule has 0 saturated heterocycles. The number of hydrogen-bond acceptors (Lipinski definition) is 1. The lowest BCUT2D eigenvalue weighted by molar-refractivity contribution is -0.121. The molecule has 3 nitrogen and oxygen atoms in total. The van der Waals surface area contributed by atoms with Crippen LogP contribution >= 0.6 is 0 Å². The number of aryl methyl sites for hydroxylation is 1. The first kappa shape index (κ1) is 11.8. The predicted molar refractivity (Wildman–Crippen MR) is 61.6 cm³/mol. The molecule has 15 heavy (non-hydrogen) atoms. The molecule has 1 rings (SSSR count). The third-order valence-electron chi connectivity index (χ3n) is 2.51. The van der Waals surface area contributed by atoms with Crippen LogP contribution in [0, 0.1) is 0 Å². The summed E-state index contributed by atoms with van der Waals surface area (Å²) in [7, 11) is 0. The van der Waals surface area contributed by atoms with Crippen LogP contribution in [0.4, 0.5) is 0 Å². The second-order valence-corrected chi connectivity index (χ2v) is 3.90. The zero-order chi connectivity index (χ0) is 11.1. The maximum absolute atomic E-state index is 11.4. The van der Waals surface area contributed by atoms with Crippen molar-refractivity contribution in [1.29, 1.82) is 0 Å². The van der Waals surface area contributed by atoms with Gasteiger partial charge in [0, 0.05) is 31.4 Å². The first-order valence-electron chi connectivity index (χ1n) is 5.62. The monoisotopic (exact) mass is 208 g/mol. The van der Waals surface area contributed by atoms with Gasteiger partial charge in [0.2, 0.25) is 5.91 Å². The molecule has 0 fully saturated rings.